The lowest BCUT2D eigenvalue weighted by Gasteiger charge is -2.21. The number of benzene rings is 1. The predicted molar refractivity (Wildman–Crippen MR) is 99.2 cm³/mol. The number of halogens is 1. The van der Waals surface area contributed by atoms with Crippen molar-refractivity contribution in [3.05, 3.63) is 28.2 Å². The van der Waals surface area contributed by atoms with Crippen LogP contribution in [0.5, 0.6) is 5.75 Å². The molecular weight excluding hydrogens is 404 g/mol. The van der Waals surface area contributed by atoms with E-state index in [9.17, 15) is 14.4 Å². The minimum Gasteiger partial charge on any atom is -0.496 e. The van der Waals surface area contributed by atoms with Gasteiger partial charge in [-0.1, -0.05) is 22.9 Å². The van der Waals surface area contributed by atoms with E-state index in [0.717, 1.165) is 15.0 Å². The van der Waals surface area contributed by atoms with E-state index in [2.05, 4.69) is 26.7 Å². The fourth-order valence-electron chi connectivity index (χ4n) is 2.65. The number of amides is 4. The monoisotopic (exact) mass is 426 g/mol. The van der Waals surface area contributed by atoms with E-state index < -0.39 is 23.4 Å². The van der Waals surface area contributed by atoms with Crippen LogP contribution in [0.25, 0.3) is 0 Å². The summed E-state index contributed by atoms with van der Waals surface area (Å²) < 4.78 is 6.23. The molecule has 1 fully saturated rings. The topological polar surface area (TPSA) is 91.0 Å². The van der Waals surface area contributed by atoms with Crippen molar-refractivity contribution < 1.29 is 19.1 Å². The number of hydrogen-bond donors (Lipinski definition) is 2. The first kappa shape index (κ1) is 20.2. The van der Waals surface area contributed by atoms with Gasteiger partial charge in [-0.05, 0) is 38.6 Å². The summed E-state index contributed by atoms with van der Waals surface area (Å²) in [7, 11) is 3.35. The Labute approximate surface area is 160 Å². The van der Waals surface area contributed by atoms with Crippen LogP contribution in [0.2, 0.25) is 0 Å². The summed E-state index contributed by atoms with van der Waals surface area (Å²) in [4.78, 5) is 38.2. The van der Waals surface area contributed by atoms with Gasteiger partial charge in [0, 0.05) is 16.6 Å². The smallest absolute Gasteiger partial charge is 0.344 e. The summed E-state index contributed by atoms with van der Waals surface area (Å²) >= 11 is 3.41. The Hall–Kier alpha value is -2.13. The van der Waals surface area contributed by atoms with E-state index in [1.54, 1.807) is 32.9 Å². The van der Waals surface area contributed by atoms with E-state index in [-0.39, 0.29) is 6.54 Å². The molecule has 1 aliphatic rings. The van der Waals surface area contributed by atoms with Gasteiger partial charge in [-0.3, -0.25) is 19.9 Å². The third-order valence-corrected chi connectivity index (χ3v) is 4.79. The fraction of sp³-hybridized carbons (Fsp3) is 0.471. The average molecular weight is 427 g/mol. The van der Waals surface area contributed by atoms with Gasteiger partial charge in [0.1, 0.15) is 11.3 Å². The van der Waals surface area contributed by atoms with Gasteiger partial charge in [-0.25, -0.2) is 4.79 Å². The van der Waals surface area contributed by atoms with Gasteiger partial charge < -0.3 is 10.1 Å². The summed E-state index contributed by atoms with van der Waals surface area (Å²) in [6.45, 7) is 3.89. The Morgan fingerprint density at radius 2 is 2.12 bits per heavy atom. The molecule has 1 aromatic carbocycles. The Balaban J connectivity index is 1.97. The standard InChI is InChI=1S/C17H23BrN4O4/c1-5-17(2)15(24)22(16(25)19-17)20-14(23)10-21(3)9-11-8-12(18)6-7-13(11)26-4/h6-8H,5,9-10H2,1-4H3,(H,19,25)(H,20,23). The molecular formula is C17H23BrN4O4. The van der Waals surface area contributed by atoms with E-state index in [1.165, 1.54) is 0 Å². The number of rotatable bonds is 7. The molecule has 0 aliphatic carbocycles. The number of hydrazine groups is 1. The first-order valence-corrected chi connectivity index (χ1v) is 8.96. The average Bonchev–Trinajstić information content (AvgIpc) is 2.79. The van der Waals surface area contributed by atoms with Gasteiger partial charge in [0.05, 0.1) is 13.7 Å². The van der Waals surface area contributed by atoms with E-state index in [4.69, 9.17) is 4.74 Å². The fourth-order valence-corrected chi connectivity index (χ4v) is 3.06. The molecule has 0 bridgehead atoms. The van der Waals surface area contributed by atoms with Crippen LogP contribution < -0.4 is 15.5 Å². The summed E-state index contributed by atoms with van der Waals surface area (Å²) in [6, 6.07) is 5.00. The normalized spacial score (nSPS) is 19.7. The summed E-state index contributed by atoms with van der Waals surface area (Å²) in [5.41, 5.74) is 2.30. The first-order valence-electron chi connectivity index (χ1n) is 8.17. The number of methoxy groups -OCH3 is 1. The number of ether oxygens (including phenoxy) is 1. The van der Waals surface area contributed by atoms with Crippen LogP contribution in [-0.4, -0.2) is 54.0 Å². The maximum absolute atomic E-state index is 12.3. The largest absolute Gasteiger partial charge is 0.496 e. The van der Waals surface area contributed by atoms with Crippen LogP contribution in [0.4, 0.5) is 4.79 Å². The number of imide groups is 1. The Kier molecular flexibility index (Phi) is 6.25. The number of nitrogens with zero attached hydrogens (tertiary/aromatic N) is 2. The van der Waals surface area contributed by atoms with Crippen molar-refractivity contribution in [2.75, 3.05) is 20.7 Å². The van der Waals surface area contributed by atoms with E-state index in [0.29, 0.717) is 18.7 Å². The summed E-state index contributed by atoms with van der Waals surface area (Å²) in [5, 5.41) is 3.34. The lowest BCUT2D eigenvalue weighted by molar-refractivity contribution is -0.139. The number of carbonyl (C=O) groups is 3. The second-order valence-electron chi connectivity index (χ2n) is 6.42. The molecule has 1 saturated heterocycles. The Morgan fingerprint density at radius 3 is 2.69 bits per heavy atom. The molecule has 9 heteroatoms. The summed E-state index contributed by atoms with van der Waals surface area (Å²) in [6.07, 6.45) is 0.437. The zero-order valence-corrected chi connectivity index (χ0v) is 16.8. The van der Waals surface area contributed by atoms with Crippen LogP contribution in [0, 0.1) is 0 Å². The number of urea groups is 1. The molecule has 0 saturated carbocycles. The molecule has 0 aromatic heterocycles. The Morgan fingerprint density at radius 1 is 1.42 bits per heavy atom. The molecule has 4 amide bonds. The lowest BCUT2D eigenvalue weighted by atomic mass is 10.00. The highest BCUT2D eigenvalue weighted by Crippen LogP contribution is 2.24. The Bertz CT molecular complexity index is 727. The molecule has 0 spiro atoms. The molecule has 2 rings (SSSR count). The molecule has 142 valence electrons. The molecule has 8 nitrogen and oxygen atoms in total. The highest BCUT2D eigenvalue weighted by atomic mass is 79.9. The zero-order valence-electron chi connectivity index (χ0n) is 15.3. The van der Waals surface area contributed by atoms with E-state index in [1.807, 2.05) is 18.2 Å². The van der Waals surface area contributed by atoms with Crippen LogP contribution in [0.1, 0.15) is 25.8 Å². The number of hydrogen-bond acceptors (Lipinski definition) is 5. The number of carbonyl (C=O) groups excluding carboxylic acids is 3. The van der Waals surface area contributed by atoms with E-state index >= 15 is 0 Å². The van der Waals surface area contributed by atoms with Crippen molar-refractivity contribution in [2.45, 2.75) is 32.4 Å². The van der Waals surface area contributed by atoms with Gasteiger partial charge in [-0.15, -0.1) is 0 Å². The molecule has 0 radical (unpaired) electrons. The van der Waals surface area contributed by atoms with Gasteiger partial charge in [0.2, 0.25) is 0 Å². The zero-order chi connectivity index (χ0) is 19.5. The van der Waals surface area contributed by atoms with Gasteiger partial charge in [0.25, 0.3) is 11.8 Å². The molecule has 1 unspecified atom stereocenters. The van der Waals surface area contributed by atoms with Crippen molar-refractivity contribution in [1.29, 1.82) is 0 Å². The van der Waals surface area contributed by atoms with Gasteiger partial charge in [0.15, 0.2) is 0 Å². The number of nitrogens with one attached hydrogen (secondary N) is 2. The van der Waals surface area contributed by atoms with Crippen molar-refractivity contribution in [3.8, 4) is 5.75 Å². The van der Waals surface area contributed by atoms with Crippen molar-refractivity contribution in [3.63, 3.8) is 0 Å². The van der Waals surface area contributed by atoms with Crippen LogP contribution in [0.15, 0.2) is 22.7 Å². The second kappa shape index (κ2) is 8.05. The maximum Gasteiger partial charge on any atom is 0.344 e. The van der Waals surface area contributed by atoms with Crippen molar-refractivity contribution in [2.24, 2.45) is 0 Å². The highest BCUT2D eigenvalue weighted by molar-refractivity contribution is 9.10. The minimum atomic E-state index is -0.986. The number of likely N-dealkylation sites (N-methyl/N-ethyl adjacent to an activating group) is 1. The molecule has 1 aliphatic heterocycles. The molecule has 1 atom stereocenters. The second-order valence-corrected chi connectivity index (χ2v) is 7.34. The third kappa shape index (κ3) is 4.34. The van der Waals surface area contributed by atoms with Crippen molar-refractivity contribution in [1.82, 2.24) is 20.7 Å². The third-order valence-electron chi connectivity index (χ3n) is 4.30. The quantitative estimate of drug-likeness (QED) is 0.646. The van der Waals surface area contributed by atoms with Gasteiger partial charge >= 0.3 is 6.03 Å². The van der Waals surface area contributed by atoms with Crippen LogP contribution >= 0.6 is 15.9 Å². The molecule has 1 heterocycles. The van der Waals surface area contributed by atoms with Crippen molar-refractivity contribution >= 4 is 33.8 Å². The predicted octanol–water partition coefficient (Wildman–Crippen LogP) is 1.64. The molecule has 1 aromatic rings. The van der Waals surface area contributed by atoms with Crippen LogP contribution in [0.3, 0.4) is 0 Å². The first-order chi connectivity index (χ1) is 12.2. The lowest BCUT2D eigenvalue weighted by Crippen LogP contribution is -2.50. The summed E-state index contributed by atoms with van der Waals surface area (Å²) in [5.74, 6) is -0.201. The van der Waals surface area contributed by atoms with Gasteiger partial charge in [-0.2, -0.15) is 5.01 Å². The van der Waals surface area contributed by atoms with Crippen LogP contribution in [-0.2, 0) is 16.1 Å². The molecule has 2 N–H and O–H groups in total. The maximum atomic E-state index is 12.3. The SMILES string of the molecule is CCC1(C)NC(=O)N(NC(=O)CN(C)Cc2cc(Br)ccc2OC)C1=O. The minimum absolute atomic E-state index is 0.00949. The highest BCUT2D eigenvalue weighted by Gasteiger charge is 2.47. The molecule has 26 heavy (non-hydrogen) atoms.